The largest absolute Gasteiger partial charge is 0.365 e. The number of halogens is 1. The molecule has 88 valence electrons. The second-order valence-electron chi connectivity index (χ2n) is 4.28. The van der Waals surface area contributed by atoms with Gasteiger partial charge in [-0.25, -0.2) is 4.98 Å². The summed E-state index contributed by atoms with van der Waals surface area (Å²) in [5.41, 5.74) is 0. The smallest absolute Gasteiger partial charge is 0.149 e. The van der Waals surface area contributed by atoms with Gasteiger partial charge in [-0.2, -0.15) is 0 Å². The van der Waals surface area contributed by atoms with E-state index in [-0.39, 0.29) is 0 Å². The van der Waals surface area contributed by atoms with Gasteiger partial charge in [0.15, 0.2) is 0 Å². The lowest BCUT2D eigenvalue weighted by Gasteiger charge is -2.21. The Morgan fingerprint density at radius 3 is 2.88 bits per heavy atom. The van der Waals surface area contributed by atoms with Crippen molar-refractivity contribution in [3.63, 3.8) is 0 Å². The maximum atomic E-state index is 5.77. The van der Waals surface area contributed by atoms with Gasteiger partial charge in [-0.15, -0.1) is 0 Å². The van der Waals surface area contributed by atoms with Crippen LogP contribution in [0.3, 0.4) is 0 Å². The zero-order valence-corrected chi connectivity index (χ0v) is 10.2. The highest BCUT2D eigenvalue weighted by Gasteiger charge is 2.14. The molecule has 0 bridgehead atoms. The fourth-order valence-corrected chi connectivity index (χ4v) is 2.21. The van der Waals surface area contributed by atoms with E-state index in [2.05, 4.69) is 27.1 Å². The summed E-state index contributed by atoms with van der Waals surface area (Å²) in [7, 11) is 0. The Kier molecular flexibility index (Phi) is 3.96. The van der Waals surface area contributed by atoms with Gasteiger partial charge in [-0.1, -0.05) is 11.6 Å². The summed E-state index contributed by atoms with van der Waals surface area (Å²) in [4.78, 5) is 10.6. The zero-order valence-electron chi connectivity index (χ0n) is 9.49. The molecule has 0 aromatic carbocycles. The summed E-state index contributed by atoms with van der Waals surface area (Å²) in [5.74, 6) is 0.749. The first kappa shape index (κ1) is 11.6. The molecule has 1 N–H and O–H groups in total. The Morgan fingerprint density at radius 2 is 2.19 bits per heavy atom. The minimum Gasteiger partial charge on any atom is -0.365 e. The SMILES string of the molecule is CC(CN1CCCC1)Nc1cncc(Cl)n1. The molecule has 16 heavy (non-hydrogen) atoms. The normalized spacial score (nSPS) is 18.6. The van der Waals surface area contributed by atoms with Crippen LogP contribution in [-0.4, -0.2) is 40.5 Å². The third-order valence-corrected chi connectivity index (χ3v) is 2.91. The van der Waals surface area contributed by atoms with Gasteiger partial charge in [0.25, 0.3) is 0 Å². The molecule has 0 spiro atoms. The van der Waals surface area contributed by atoms with Crippen molar-refractivity contribution >= 4 is 17.4 Å². The maximum Gasteiger partial charge on any atom is 0.149 e. The summed E-state index contributed by atoms with van der Waals surface area (Å²) < 4.78 is 0. The van der Waals surface area contributed by atoms with Crippen molar-refractivity contribution in [3.05, 3.63) is 17.5 Å². The van der Waals surface area contributed by atoms with Crippen molar-refractivity contribution < 1.29 is 0 Å². The number of rotatable bonds is 4. The standard InChI is InChI=1S/C11H17ClN4/c1-9(8-16-4-2-3-5-16)14-11-7-13-6-10(12)15-11/h6-7,9H,2-5,8H2,1H3,(H,14,15). The number of likely N-dealkylation sites (tertiary alicyclic amines) is 1. The molecule has 2 heterocycles. The van der Waals surface area contributed by atoms with Crippen LogP contribution in [0.25, 0.3) is 0 Å². The summed E-state index contributed by atoms with van der Waals surface area (Å²) in [6, 6.07) is 0.367. The first-order valence-corrected chi connectivity index (χ1v) is 6.08. The van der Waals surface area contributed by atoms with Crippen molar-refractivity contribution in [1.82, 2.24) is 14.9 Å². The van der Waals surface area contributed by atoms with Crippen LogP contribution < -0.4 is 5.32 Å². The zero-order chi connectivity index (χ0) is 11.4. The molecule has 1 atom stereocenters. The molecule has 1 unspecified atom stereocenters. The second-order valence-corrected chi connectivity index (χ2v) is 4.67. The first-order valence-electron chi connectivity index (χ1n) is 5.70. The Balaban J connectivity index is 1.84. The Bertz CT molecular complexity index is 339. The molecule has 2 rings (SSSR count). The minimum atomic E-state index is 0.367. The molecular weight excluding hydrogens is 224 g/mol. The minimum absolute atomic E-state index is 0.367. The molecule has 1 fully saturated rings. The highest BCUT2D eigenvalue weighted by atomic mass is 35.5. The average molecular weight is 241 g/mol. The summed E-state index contributed by atoms with van der Waals surface area (Å²) in [6.45, 7) is 5.63. The van der Waals surface area contributed by atoms with Crippen LogP contribution >= 0.6 is 11.6 Å². The molecule has 0 amide bonds. The van der Waals surface area contributed by atoms with Crippen LogP contribution in [0, 0.1) is 0 Å². The van der Waals surface area contributed by atoms with Gasteiger partial charge in [0.1, 0.15) is 11.0 Å². The molecule has 0 saturated carbocycles. The van der Waals surface area contributed by atoms with E-state index in [0.29, 0.717) is 11.2 Å². The Morgan fingerprint density at radius 1 is 1.44 bits per heavy atom. The number of anilines is 1. The molecule has 1 saturated heterocycles. The average Bonchev–Trinajstić information content (AvgIpc) is 2.70. The Hall–Kier alpha value is -0.870. The van der Waals surface area contributed by atoms with Crippen molar-refractivity contribution in [2.75, 3.05) is 25.0 Å². The quantitative estimate of drug-likeness (QED) is 0.875. The van der Waals surface area contributed by atoms with Crippen LogP contribution in [-0.2, 0) is 0 Å². The number of nitrogens with one attached hydrogen (secondary N) is 1. The predicted molar refractivity (Wildman–Crippen MR) is 65.8 cm³/mol. The van der Waals surface area contributed by atoms with E-state index in [1.807, 2.05) is 0 Å². The highest BCUT2D eigenvalue weighted by Crippen LogP contribution is 2.11. The van der Waals surface area contributed by atoms with E-state index in [0.717, 1.165) is 12.4 Å². The number of aromatic nitrogens is 2. The van der Waals surface area contributed by atoms with Crippen LogP contribution in [0.1, 0.15) is 19.8 Å². The van der Waals surface area contributed by atoms with Crippen molar-refractivity contribution in [2.45, 2.75) is 25.8 Å². The lowest BCUT2D eigenvalue weighted by Crippen LogP contribution is -2.33. The van der Waals surface area contributed by atoms with Crippen molar-refractivity contribution in [1.29, 1.82) is 0 Å². The van der Waals surface area contributed by atoms with Crippen LogP contribution in [0.5, 0.6) is 0 Å². The number of hydrogen-bond donors (Lipinski definition) is 1. The van der Waals surface area contributed by atoms with Gasteiger partial charge < -0.3 is 10.2 Å². The number of hydrogen-bond acceptors (Lipinski definition) is 4. The molecule has 1 aromatic heterocycles. The Labute approximate surface area is 101 Å². The molecule has 1 aliphatic rings. The molecular formula is C11H17ClN4. The molecule has 0 aliphatic carbocycles. The molecule has 1 aliphatic heterocycles. The second kappa shape index (κ2) is 5.46. The monoisotopic (exact) mass is 240 g/mol. The van der Waals surface area contributed by atoms with Gasteiger partial charge in [0.2, 0.25) is 0 Å². The topological polar surface area (TPSA) is 41.0 Å². The summed E-state index contributed by atoms with van der Waals surface area (Å²) in [5, 5.41) is 3.74. The first-order chi connectivity index (χ1) is 7.74. The fraction of sp³-hybridized carbons (Fsp3) is 0.636. The fourth-order valence-electron chi connectivity index (χ4n) is 2.06. The van der Waals surface area contributed by atoms with Crippen LogP contribution in [0.2, 0.25) is 5.15 Å². The van der Waals surface area contributed by atoms with E-state index >= 15 is 0 Å². The summed E-state index contributed by atoms with van der Waals surface area (Å²) >= 11 is 5.77. The summed E-state index contributed by atoms with van der Waals surface area (Å²) in [6.07, 6.45) is 5.89. The van der Waals surface area contributed by atoms with E-state index in [9.17, 15) is 0 Å². The third-order valence-electron chi connectivity index (χ3n) is 2.73. The van der Waals surface area contributed by atoms with E-state index in [1.54, 1.807) is 6.20 Å². The lowest BCUT2D eigenvalue weighted by atomic mass is 10.3. The van der Waals surface area contributed by atoms with Gasteiger partial charge >= 0.3 is 0 Å². The highest BCUT2D eigenvalue weighted by molar-refractivity contribution is 6.29. The van der Waals surface area contributed by atoms with Crippen molar-refractivity contribution in [2.24, 2.45) is 0 Å². The van der Waals surface area contributed by atoms with Crippen LogP contribution in [0.4, 0.5) is 5.82 Å². The third kappa shape index (κ3) is 3.32. The molecule has 5 heteroatoms. The van der Waals surface area contributed by atoms with E-state index in [1.165, 1.54) is 32.1 Å². The predicted octanol–water partition coefficient (Wildman–Crippen LogP) is 2.03. The number of nitrogens with zero attached hydrogens (tertiary/aromatic N) is 3. The lowest BCUT2D eigenvalue weighted by molar-refractivity contribution is 0.327. The van der Waals surface area contributed by atoms with Gasteiger partial charge in [-0.05, 0) is 32.9 Å². The molecule has 1 aromatic rings. The molecule has 4 nitrogen and oxygen atoms in total. The maximum absolute atomic E-state index is 5.77. The van der Waals surface area contributed by atoms with Gasteiger partial charge in [0.05, 0.1) is 12.4 Å². The van der Waals surface area contributed by atoms with E-state index < -0.39 is 0 Å². The van der Waals surface area contributed by atoms with E-state index in [4.69, 9.17) is 11.6 Å². The molecule has 0 radical (unpaired) electrons. The van der Waals surface area contributed by atoms with Crippen molar-refractivity contribution in [3.8, 4) is 0 Å². The van der Waals surface area contributed by atoms with Crippen LogP contribution in [0.15, 0.2) is 12.4 Å². The van der Waals surface area contributed by atoms with Gasteiger partial charge in [0, 0.05) is 12.6 Å². The van der Waals surface area contributed by atoms with Gasteiger partial charge in [-0.3, -0.25) is 4.98 Å².